The number of aromatic nitrogens is 1. The number of urea groups is 1. The third-order valence-electron chi connectivity index (χ3n) is 5.57. The van der Waals surface area contributed by atoms with E-state index in [2.05, 4.69) is 10.3 Å². The number of pyridine rings is 1. The molecule has 1 fully saturated rings. The van der Waals surface area contributed by atoms with Crippen molar-refractivity contribution < 1.29 is 27.8 Å². The van der Waals surface area contributed by atoms with E-state index in [4.69, 9.17) is 4.74 Å². The minimum atomic E-state index is -4.45. The Balaban J connectivity index is 1.33. The molecule has 0 radical (unpaired) electrons. The highest BCUT2D eigenvalue weighted by atomic mass is 19.4. The molecule has 1 aliphatic heterocycles. The van der Waals surface area contributed by atoms with Crippen LogP contribution in [0.25, 0.3) is 6.08 Å². The van der Waals surface area contributed by atoms with Gasteiger partial charge in [0.25, 0.3) is 0 Å². The number of rotatable bonds is 5. The Morgan fingerprint density at radius 3 is 2.54 bits per heavy atom. The summed E-state index contributed by atoms with van der Waals surface area (Å²) >= 11 is 0. The Kier molecular flexibility index (Phi) is 7.36. The molecule has 0 atom stereocenters. The van der Waals surface area contributed by atoms with Crippen molar-refractivity contribution in [3.63, 3.8) is 0 Å². The minimum absolute atomic E-state index is 0.0756. The molecule has 0 spiro atoms. The summed E-state index contributed by atoms with van der Waals surface area (Å²) in [4.78, 5) is 18.1. The molecule has 35 heavy (non-hydrogen) atoms. The first-order chi connectivity index (χ1) is 16.8. The second kappa shape index (κ2) is 10.6. The first kappa shape index (κ1) is 24.3. The summed E-state index contributed by atoms with van der Waals surface area (Å²) in [6, 6.07) is 16.2. The molecule has 9 heteroatoms. The monoisotopic (exact) mass is 483 g/mol. The van der Waals surface area contributed by atoms with Gasteiger partial charge in [-0.05, 0) is 54.3 Å². The van der Waals surface area contributed by atoms with Crippen molar-refractivity contribution in [3.05, 3.63) is 89.1 Å². The third kappa shape index (κ3) is 6.60. The Hall–Kier alpha value is -3.85. The minimum Gasteiger partial charge on any atom is -0.439 e. The number of anilines is 1. The van der Waals surface area contributed by atoms with Gasteiger partial charge in [0.05, 0.1) is 12.2 Å². The number of carbonyl (C=O) groups is 1. The summed E-state index contributed by atoms with van der Waals surface area (Å²) in [6.07, 6.45) is -0.231. The summed E-state index contributed by atoms with van der Waals surface area (Å²) < 4.78 is 43.7. The van der Waals surface area contributed by atoms with Gasteiger partial charge < -0.3 is 20.1 Å². The van der Waals surface area contributed by atoms with Gasteiger partial charge >= 0.3 is 12.2 Å². The molecule has 4 rings (SSSR count). The highest BCUT2D eigenvalue weighted by Gasteiger charge is 2.30. The average Bonchev–Trinajstić information content (AvgIpc) is 2.84. The van der Waals surface area contributed by atoms with Gasteiger partial charge in [-0.1, -0.05) is 35.9 Å². The van der Waals surface area contributed by atoms with Gasteiger partial charge in [0, 0.05) is 31.0 Å². The van der Waals surface area contributed by atoms with E-state index < -0.39 is 11.7 Å². The maximum Gasteiger partial charge on any atom is 0.417 e. The Labute approximate surface area is 200 Å². The molecule has 0 saturated carbocycles. The Bertz CT molecular complexity index is 1200. The maximum atomic E-state index is 12.7. The SMILES string of the molecule is O=C(Nc1cccc(CO)c1)N1CCC(=Cc2cccc(Oc3ccc(C(F)(F)F)cn3)c2)CC1. The van der Waals surface area contributed by atoms with Crippen LogP contribution in [-0.2, 0) is 12.8 Å². The molecular weight excluding hydrogens is 459 g/mol. The zero-order valence-electron chi connectivity index (χ0n) is 18.8. The lowest BCUT2D eigenvalue weighted by atomic mass is 10.0. The topological polar surface area (TPSA) is 74.7 Å². The largest absolute Gasteiger partial charge is 0.439 e. The number of nitrogens with one attached hydrogen (secondary N) is 1. The number of nitrogens with zero attached hydrogens (tertiary/aromatic N) is 2. The number of alkyl halides is 3. The lowest BCUT2D eigenvalue weighted by molar-refractivity contribution is -0.137. The van der Waals surface area contributed by atoms with Gasteiger partial charge in [-0.2, -0.15) is 13.2 Å². The van der Waals surface area contributed by atoms with Crippen LogP contribution in [-0.4, -0.2) is 34.1 Å². The highest BCUT2D eigenvalue weighted by Crippen LogP contribution is 2.30. The van der Waals surface area contributed by atoms with Crippen molar-refractivity contribution in [2.45, 2.75) is 25.6 Å². The Morgan fingerprint density at radius 1 is 1.09 bits per heavy atom. The molecule has 2 aromatic carbocycles. The highest BCUT2D eigenvalue weighted by molar-refractivity contribution is 5.89. The fourth-order valence-electron chi connectivity index (χ4n) is 3.72. The van der Waals surface area contributed by atoms with Crippen molar-refractivity contribution in [2.24, 2.45) is 0 Å². The van der Waals surface area contributed by atoms with Crippen molar-refractivity contribution >= 4 is 17.8 Å². The van der Waals surface area contributed by atoms with E-state index in [1.165, 1.54) is 11.6 Å². The lowest BCUT2D eigenvalue weighted by Gasteiger charge is -2.28. The number of ether oxygens (including phenoxy) is 1. The second-order valence-electron chi connectivity index (χ2n) is 8.14. The van der Waals surface area contributed by atoms with Crippen LogP contribution in [0.1, 0.15) is 29.5 Å². The number of carbonyl (C=O) groups excluding carboxylic acids is 1. The van der Waals surface area contributed by atoms with Crippen molar-refractivity contribution in [3.8, 4) is 11.6 Å². The first-order valence-electron chi connectivity index (χ1n) is 11.1. The maximum absolute atomic E-state index is 12.7. The third-order valence-corrected chi connectivity index (χ3v) is 5.57. The van der Waals surface area contributed by atoms with E-state index in [-0.39, 0.29) is 18.5 Å². The van der Waals surface area contributed by atoms with E-state index in [1.807, 2.05) is 12.1 Å². The van der Waals surface area contributed by atoms with Crippen LogP contribution in [0.4, 0.5) is 23.7 Å². The summed E-state index contributed by atoms with van der Waals surface area (Å²) in [5.41, 5.74) is 2.61. The average molecular weight is 483 g/mol. The molecule has 1 aromatic heterocycles. The zero-order chi connectivity index (χ0) is 24.8. The number of halogens is 3. The molecule has 182 valence electrons. The predicted molar refractivity (Wildman–Crippen MR) is 126 cm³/mol. The molecule has 1 saturated heterocycles. The summed E-state index contributed by atoms with van der Waals surface area (Å²) in [7, 11) is 0. The molecule has 6 nitrogen and oxygen atoms in total. The fourth-order valence-corrected chi connectivity index (χ4v) is 3.72. The molecule has 0 bridgehead atoms. The van der Waals surface area contributed by atoms with Crippen molar-refractivity contribution in [2.75, 3.05) is 18.4 Å². The number of aliphatic hydroxyl groups is 1. The summed E-state index contributed by atoms with van der Waals surface area (Å²) in [5.74, 6) is 0.542. The molecule has 2 amide bonds. The Morgan fingerprint density at radius 2 is 1.86 bits per heavy atom. The number of piperidine rings is 1. The lowest BCUT2D eigenvalue weighted by Crippen LogP contribution is -2.39. The van der Waals surface area contributed by atoms with E-state index in [0.29, 0.717) is 24.5 Å². The van der Waals surface area contributed by atoms with Crippen LogP contribution < -0.4 is 10.1 Å². The number of hydrogen-bond acceptors (Lipinski definition) is 4. The van der Waals surface area contributed by atoms with Crippen LogP contribution in [0.2, 0.25) is 0 Å². The summed E-state index contributed by atoms with van der Waals surface area (Å²) in [5, 5.41) is 12.1. The van der Waals surface area contributed by atoms with Gasteiger partial charge in [0.15, 0.2) is 0 Å². The van der Waals surface area contributed by atoms with Crippen molar-refractivity contribution in [1.82, 2.24) is 9.88 Å². The molecule has 2 heterocycles. The smallest absolute Gasteiger partial charge is 0.417 e. The van der Waals surface area contributed by atoms with Crippen molar-refractivity contribution in [1.29, 1.82) is 0 Å². The van der Waals surface area contributed by atoms with E-state index in [1.54, 1.807) is 47.4 Å². The van der Waals surface area contributed by atoms with E-state index >= 15 is 0 Å². The van der Waals surface area contributed by atoms with E-state index in [9.17, 15) is 23.1 Å². The summed E-state index contributed by atoms with van der Waals surface area (Å²) in [6.45, 7) is 1.06. The van der Waals surface area contributed by atoms with Crippen LogP contribution >= 0.6 is 0 Å². The van der Waals surface area contributed by atoms with Gasteiger partial charge in [0.2, 0.25) is 5.88 Å². The van der Waals surface area contributed by atoms with Gasteiger partial charge in [-0.3, -0.25) is 0 Å². The van der Waals surface area contributed by atoms with Gasteiger partial charge in [-0.25, -0.2) is 9.78 Å². The number of amides is 2. The zero-order valence-corrected chi connectivity index (χ0v) is 18.8. The number of benzene rings is 2. The van der Waals surface area contributed by atoms with Gasteiger partial charge in [0.1, 0.15) is 5.75 Å². The molecule has 2 N–H and O–H groups in total. The molecule has 3 aromatic rings. The number of aliphatic hydroxyl groups excluding tert-OH is 1. The molecule has 1 aliphatic rings. The van der Waals surface area contributed by atoms with Crippen LogP contribution in [0.3, 0.4) is 0 Å². The molecular formula is C26H24F3N3O3. The number of hydrogen-bond donors (Lipinski definition) is 2. The predicted octanol–water partition coefficient (Wildman–Crippen LogP) is 6.10. The quantitative estimate of drug-likeness (QED) is 0.460. The van der Waals surface area contributed by atoms with Crippen LogP contribution in [0.15, 0.2) is 72.4 Å². The first-order valence-corrected chi connectivity index (χ1v) is 11.1. The van der Waals surface area contributed by atoms with Crippen LogP contribution in [0.5, 0.6) is 11.6 Å². The molecule has 0 unspecified atom stereocenters. The fraction of sp³-hybridized carbons (Fsp3) is 0.231. The standard InChI is InChI=1S/C26H24F3N3O3/c27-26(28,29)21-7-8-24(30-16-21)35-23-6-2-3-19(15-23)13-18-9-11-32(12-10-18)25(34)31-22-5-1-4-20(14-22)17-33/h1-8,13-16,33H,9-12,17H2,(H,31,34). The second-order valence-corrected chi connectivity index (χ2v) is 8.14. The normalized spacial score (nSPS) is 13.9. The van der Waals surface area contributed by atoms with E-state index in [0.717, 1.165) is 36.2 Å². The molecule has 0 aliphatic carbocycles. The van der Waals surface area contributed by atoms with Crippen LogP contribution in [0, 0.1) is 0 Å². The number of likely N-dealkylation sites (tertiary alicyclic amines) is 1. The van der Waals surface area contributed by atoms with Gasteiger partial charge in [-0.15, -0.1) is 0 Å².